The summed E-state index contributed by atoms with van der Waals surface area (Å²) in [6.07, 6.45) is 4.58. The molecule has 9 nitrogen and oxygen atoms in total. The minimum Gasteiger partial charge on any atom is -0.341 e. The number of anilines is 1. The van der Waals surface area contributed by atoms with Crippen molar-refractivity contribution < 1.29 is 4.79 Å². The Labute approximate surface area is 170 Å². The van der Waals surface area contributed by atoms with Crippen LogP contribution in [0.4, 0.5) is 5.95 Å². The largest absolute Gasteiger partial charge is 0.341 e. The van der Waals surface area contributed by atoms with E-state index in [2.05, 4.69) is 43.1 Å². The van der Waals surface area contributed by atoms with Gasteiger partial charge in [0.1, 0.15) is 5.82 Å². The van der Waals surface area contributed by atoms with Crippen LogP contribution in [0.2, 0.25) is 0 Å². The minimum atomic E-state index is 0.0793. The lowest BCUT2D eigenvalue weighted by Crippen LogP contribution is -2.61. The van der Waals surface area contributed by atoms with E-state index in [4.69, 9.17) is 4.98 Å². The van der Waals surface area contributed by atoms with Crippen LogP contribution < -0.4 is 4.90 Å². The van der Waals surface area contributed by atoms with Crippen LogP contribution in [0.3, 0.4) is 0 Å². The van der Waals surface area contributed by atoms with Crippen molar-refractivity contribution >= 4 is 11.9 Å². The Morgan fingerprint density at radius 2 is 2.03 bits per heavy atom. The highest BCUT2D eigenvalue weighted by molar-refractivity contribution is 5.79. The van der Waals surface area contributed by atoms with Gasteiger partial charge in [-0.2, -0.15) is 5.10 Å². The summed E-state index contributed by atoms with van der Waals surface area (Å²) >= 11 is 0. The maximum atomic E-state index is 12.7. The zero-order valence-electron chi connectivity index (χ0n) is 17.1. The Bertz CT molecular complexity index is 899. The second kappa shape index (κ2) is 7.05. The van der Waals surface area contributed by atoms with Crippen LogP contribution in [0.25, 0.3) is 0 Å². The molecule has 1 atom stereocenters. The van der Waals surface area contributed by atoms with E-state index in [1.807, 2.05) is 18.0 Å². The summed E-state index contributed by atoms with van der Waals surface area (Å²) in [6, 6.07) is 2.06. The molecule has 5 rings (SSSR count). The predicted octanol–water partition coefficient (Wildman–Crippen LogP) is 0.604. The number of hydrogen-bond acceptors (Lipinski definition) is 7. The van der Waals surface area contributed by atoms with Gasteiger partial charge in [-0.3, -0.25) is 9.89 Å². The Morgan fingerprint density at radius 1 is 1.24 bits per heavy atom. The molecule has 0 radical (unpaired) electrons. The van der Waals surface area contributed by atoms with Crippen molar-refractivity contribution in [1.29, 1.82) is 0 Å². The molecule has 3 saturated heterocycles. The molecule has 29 heavy (non-hydrogen) atoms. The van der Waals surface area contributed by atoms with Gasteiger partial charge in [0.25, 0.3) is 0 Å². The Hall–Kier alpha value is -2.55. The maximum Gasteiger partial charge on any atom is 0.230 e. The van der Waals surface area contributed by atoms with Gasteiger partial charge in [-0.15, -0.1) is 0 Å². The molecule has 5 heterocycles. The molecule has 3 fully saturated rings. The normalized spacial score (nSPS) is 23.7. The molecule has 154 valence electrons. The van der Waals surface area contributed by atoms with Crippen LogP contribution in [0, 0.1) is 12.3 Å². The van der Waals surface area contributed by atoms with E-state index in [1.54, 1.807) is 0 Å². The average Bonchev–Trinajstić information content (AvgIpc) is 3.40. The summed E-state index contributed by atoms with van der Waals surface area (Å²) in [4.78, 5) is 33.0. The number of amides is 1. The Balaban J connectivity index is 1.30. The predicted molar refractivity (Wildman–Crippen MR) is 108 cm³/mol. The van der Waals surface area contributed by atoms with Crippen LogP contribution in [0.1, 0.15) is 36.1 Å². The number of aromatic nitrogens is 5. The Morgan fingerprint density at radius 3 is 2.76 bits per heavy atom. The summed E-state index contributed by atoms with van der Waals surface area (Å²) in [7, 11) is 2.16. The molecule has 0 bridgehead atoms. The fraction of sp³-hybridized carbons (Fsp3) is 0.650. The van der Waals surface area contributed by atoms with Crippen LogP contribution in [-0.4, -0.2) is 87.2 Å². The summed E-state index contributed by atoms with van der Waals surface area (Å²) < 4.78 is 0. The molecule has 0 aliphatic carbocycles. The van der Waals surface area contributed by atoms with Gasteiger partial charge in [0.05, 0.1) is 12.1 Å². The number of nitrogens with zero attached hydrogens (tertiary/aromatic N) is 7. The van der Waals surface area contributed by atoms with Crippen molar-refractivity contribution in [3.05, 3.63) is 29.6 Å². The number of H-pyrrole nitrogens is 1. The molecular formula is C20H28N8O. The average molecular weight is 396 g/mol. The van der Waals surface area contributed by atoms with Gasteiger partial charge < -0.3 is 14.7 Å². The van der Waals surface area contributed by atoms with Gasteiger partial charge in [-0.25, -0.2) is 15.0 Å². The first kappa shape index (κ1) is 18.5. The van der Waals surface area contributed by atoms with Crippen molar-refractivity contribution in [3.8, 4) is 0 Å². The van der Waals surface area contributed by atoms with Crippen molar-refractivity contribution in [2.45, 2.75) is 32.1 Å². The highest BCUT2D eigenvalue weighted by Gasteiger charge is 2.55. The van der Waals surface area contributed by atoms with E-state index >= 15 is 0 Å². The van der Waals surface area contributed by atoms with E-state index < -0.39 is 0 Å². The fourth-order valence-corrected chi connectivity index (χ4v) is 5.18. The lowest BCUT2D eigenvalue weighted by atomic mass is 9.70. The number of likely N-dealkylation sites (N-methyl/N-ethyl adjacent to an activating group) is 1. The van der Waals surface area contributed by atoms with E-state index in [0.29, 0.717) is 11.7 Å². The topological polar surface area (TPSA) is 94.1 Å². The summed E-state index contributed by atoms with van der Waals surface area (Å²) in [6.45, 7) is 7.43. The second-order valence-electron chi connectivity index (χ2n) is 8.85. The lowest BCUT2D eigenvalue weighted by molar-refractivity contribution is -0.142. The van der Waals surface area contributed by atoms with E-state index in [0.717, 1.165) is 56.7 Å². The number of aryl methyl sites for hydroxylation is 1. The molecule has 3 aliphatic rings. The molecule has 2 aromatic heterocycles. The zero-order chi connectivity index (χ0) is 20.0. The third-order valence-electron chi connectivity index (χ3n) is 6.55. The SMILES string of the molecule is Cc1nc(CC(=O)N2CC3(CN(C)CC3c3ccnc(N4CCCC4)n3)C2)n[nH]1. The number of likely N-dealkylation sites (tertiary alicyclic amines) is 2. The summed E-state index contributed by atoms with van der Waals surface area (Å²) in [5.41, 5.74) is 1.19. The lowest BCUT2D eigenvalue weighted by Gasteiger charge is -2.51. The first-order valence-electron chi connectivity index (χ1n) is 10.4. The monoisotopic (exact) mass is 396 g/mol. The van der Waals surface area contributed by atoms with Crippen molar-refractivity contribution in [3.63, 3.8) is 0 Å². The van der Waals surface area contributed by atoms with Crippen molar-refractivity contribution in [1.82, 2.24) is 34.9 Å². The van der Waals surface area contributed by atoms with E-state index in [9.17, 15) is 4.79 Å². The third-order valence-corrected chi connectivity index (χ3v) is 6.55. The van der Waals surface area contributed by atoms with Gasteiger partial charge in [0.15, 0.2) is 5.82 Å². The van der Waals surface area contributed by atoms with Gasteiger partial charge in [-0.1, -0.05) is 0 Å². The molecule has 2 aromatic rings. The van der Waals surface area contributed by atoms with Gasteiger partial charge in [0, 0.05) is 56.8 Å². The van der Waals surface area contributed by atoms with Crippen LogP contribution in [0.5, 0.6) is 0 Å². The Kier molecular flexibility index (Phi) is 4.49. The minimum absolute atomic E-state index is 0.0793. The van der Waals surface area contributed by atoms with E-state index in [1.165, 1.54) is 12.8 Å². The zero-order valence-corrected chi connectivity index (χ0v) is 17.1. The number of rotatable bonds is 4. The third kappa shape index (κ3) is 3.37. The highest BCUT2D eigenvalue weighted by Crippen LogP contribution is 2.48. The highest BCUT2D eigenvalue weighted by atomic mass is 16.2. The van der Waals surface area contributed by atoms with E-state index in [-0.39, 0.29) is 17.7 Å². The smallest absolute Gasteiger partial charge is 0.230 e. The van der Waals surface area contributed by atoms with Crippen molar-refractivity contribution in [2.24, 2.45) is 5.41 Å². The van der Waals surface area contributed by atoms with Crippen LogP contribution >= 0.6 is 0 Å². The number of aromatic amines is 1. The first-order chi connectivity index (χ1) is 14.0. The standard InChI is InChI=1S/C20H28N8O/c1-14-22-17(25-24-14)9-18(29)28-12-20(13-28)11-26(2)10-15(20)16-5-6-21-19(23-16)27-7-3-4-8-27/h5-6,15H,3-4,7-13H2,1-2H3,(H,22,24,25). The first-order valence-corrected chi connectivity index (χ1v) is 10.4. The molecular weight excluding hydrogens is 368 g/mol. The summed E-state index contributed by atoms with van der Waals surface area (Å²) in [5, 5.41) is 6.90. The fourth-order valence-electron chi connectivity index (χ4n) is 5.18. The molecule has 3 aliphatic heterocycles. The molecule has 0 aromatic carbocycles. The number of hydrogen-bond donors (Lipinski definition) is 1. The van der Waals surface area contributed by atoms with Crippen molar-refractivity contribution in [2.75, 3.05) is 51.2 Å². The quantitative estimate of drug-likeness (QED) is 0.809. The molecule has 1 N–H and O–H groups in total. The van der Waals surface area contributed by atoms with Crippen LogP contribution in [-0.2, 0) is 11.2 Å². The molecule has 1 spiro atoms. The molecule has 0 saturated carbocycles. The molecule has 1 amide bonds. The number of carbonyl (C=O) groups is 1. The number of carbonyl (C=O) groups excluding carboxylic acids is 1. The second-order valence-corrected chi connectivity index (χ2v) is 8.85. The molecule has 1 unspecified atom stereocenters. The van der Waals surface area contributed by atoms with Crippen LogP contribution in [0.15, 0.2) is 12.3 Å². The summed E-state index contributed by atoms with van der Waals surface area (Å²) in [5.74, 6) is 2.59. The maximum absolute atomic E-state index is 12.7. The molecule has 9 heteroatoms. The number of nitrogens with one attached hydrogen (secondary N) is 1. The van der Waals surface area contributed by atoms with Gasteiger partial charge in [0.2, 0.25) is 11.9 Å². The van der Waals surface area contributed by atoms with Gasteiger partial charge >= 0.3 is 0 Å². The van der Waals surface area contributed by atoms with Gasteiger partial charge in [-0.05, 0) is 32.9 Å².